The highest BCUT2D eigenvalue weighted by Gasteiger charge is 2.30. The van der Waals surface area contributed by atoms with Crippen LogP contribution >= 0.6 is 0 Å². The van der Waals surface area contributed by atoms with Gasteiger partial charge in [-0.05, 0) is 56.2 Å². The summed E-state index contributed by atoms with van der Waals surface area (Å²) in [5.74, 6) is 2.07. The van der Waals surface area contributed by atoms with Crippen LogP contribution in [0.15, 0.2) is 29.8 Å². The molecule has 1 atom stereocenters. The van der Waals surface area contributed by atoms with Gasteiger partial charge in [0.15, 0.2) is 11.5 Å². The van der Waals surface area contributed by atoms with E-state index >= 15 is 0 Å². The molecule has 2 fully saturated rings. The second-order valence-corrected chi connectivity index (χ2v) is 9.42. The van der Waals surface area contributed by atoms with Crippen LogP contribution < -0.4 is 9.47 Å². The fourth-order valence-electron chi connectivity index (χ4n) is 5.43. The van der Waals surface area contributed by atoms with Crippen LogP contribution in [0.4, 0.5) is 0 Å². The summed E-state index contributed by atoms with van der Waals surface area (Å²) in [6, 6.07) is 6.80. The molecule has 0 spiro atoms. The normalized spacial score (nSPS) is 24.8. The molecule has 3 aliphatic heterocycles. The monoisotopic (exact) mass is 425 g/mol. The largest absolute Gasteiger partial charge is 0.454 e. The minimum Gasteiger partial charge on any atom is -0.454 e. The lowest BCUT2D eigenvalue weighted by molar-refractivity contribution is -0.132. The van der Waals surface area contributed by atoms with Crippen LogP contribution in [0.1, 0.15) is 50.5 Å². The highest BCUT2D eigenvalue weighted by molar-refractivity contribution is 5.78. The van der Waals surface area contributed by atoms with Crippen LogP contribution in [0.2, 0.25) is 0 Å². The topological polar surface area (TPSA) is 45.3 Å². The van der Waals surface area contributed by atoms with Gasteiger partial charge in [0.1, 0.15) is 0 Å². The van der Waals surface area contributed by atoms with Gasteiger partial charge in [-0.15, -0.1) is 0 Å². The van der Waals surface area contributed by atoms with Crippen molar-refractivity contribution < 1.29 is 14.3 Å². The molecule has 0 radical (unpaired) electrons. The fraction of sp³-hybridized carbons (Fsp3) is 0.640. The van der Waals surface area contributed by atoms with Crippen molar-refractivity contribution in [3.05, 3.63) is 35.4 Å². The van der Waals surface area contributed by atoms with E-state index in [9.17, 15) is 4.79 Å². The van der Waals surface area contributed by atoms with Gasteiger partial charge in [0.25, 0.3) is 0 Å². The molecule has 0 bridgehead atoms. The molecule has 6 nitrogen and oxygen atoms in total. The summed E-state index contributed by atoms with van der Waals surface area (Å²) in [5, 5.41) is 0. The standard InChI is InChI=1S/C25H35N3O3/c29-25(16-20-5-2-1-3-6-20)28-10-4-7-22(18-28)27-13-11-26(12-14-27)17-21-8-9-23-24(15-21)31-19-30-23/h5,8-9,15,22H,1-4,6-7,10-14,16-19H2/t22-/m1/s1. The molecule has 31 heavy (non-hydrogen) atoms. The molecule has 0 unspecified atom stereocenters. The fourth-order valence-corrected chi connectivity index (χ4v) is 5.43. The Hall–Kier alpha value is -2.05. The number of rotatable bonds is 5. The first-order valence-electron chi connectivity index (χ1n) is 12.1. The molecular formula is C25H35N3O3. The van der Waals surface area contributed by atoms with E-state index in [0.717, 1.165) is 76.6 Å². The summed E-state index contributed by atoms with van der Waals surface area (Å²) in [6.45, 7) is 7.45. The van der Waals surface area contributed by atoms with E-state index in [1.165, 1.54) is 30.4 Å². The first kappa shape index (κ1) is 20.8. The summed E-state index contributed by atoms with van der Waals surface area (Å²) < 4.78 is 10.9. The number of hydrogen-bond acceptors (Lipinski definition) is 5. The summed E-state index contributed by atoms with van der Waals surface area (Å²) in [5.41, 5.74) is 2.65. The summed E-state index contributed by atoms with van der Waals surface area (Å²) in [6.07, 6.45) is 10.1. The van der Waals surface area contributed by atoms with Crippen molar-refractivity contribution in [3.8, 4) is 11.5 Å². The Labute approximate surface area is 185 Å². The summed E-state index contributed by atoms with van der Waals surface area (Å²) >= 11 is 0. The molecule has 0 saturated carbocycles. The van der Waals surface area contributed by atoms with Gasteiger partial charge in [0, 0.05) is 58.3 Å². The second kappa shape index (κ2) is 9.61. The Morgan fingerprint density at radius 1 is 1.00 bits per heavy atom. The molecule has 0 N–H and O–H groups in total. The number of nitrogens with zero attached hydrogens (tertiary/aromatic N) is 3. The molecule has 1 aromatic rings. The van der Waals surface area contributed by atoms with Gasteiger partial charge < -0.3 is 14.4 Å². The van der Waals surface area contributed by atoms with E-state index in [2.05, 4.69) is 32.9 Å². The minimum absolute atomic E-state index is 0.329. The highest BCUT2D eigenvalue weighted by Crippen LogP contribution is 2.33. The zero-order valence-electron chi connectivity index (χ0n) is 18.6. The summed E-state index contributed by atoms with van der Waals surface area (Å²) in [4.78, 5) is 20.2. The van der Waals surface area contributed by atoms with Crippen molar-refractivity contribution in [1.29, 1.82) is 0 Å². The number of carbonyl (C=O) groups excluding carboxylic acids is 1. The molecular weight excluding hydrogens is 390 g/mol. The minimum atomic E-state index is 0.329. The van der Waals surface area contributed by atoms with Crippen LogP contribution in [0.5, 0.6) is 11.5 Å². The van der Waals surface area contributed by atoms with Crippen molar-refractivity contribution in [1.82, 2.24) is 14.7 Å². The van der Waals surface area contributed by atoms with Gasteiger partial charge in [0.2, 0.25) is 12.7 Å². The van der Waals surface area contributed by atoms with E-state index < -0.39 is 0 Å². The molecule has 3 heterocycles. The molecule has 168 valence electrons. The Morgan fingerprint density at radius 2 is 1.87 bits per heavy atom. The SMILES string of the molecule is O=C(CC1=CCCCC1)N1CCC[C@@H](N2CCN(Cc3ccc4c(c3)OCO4)CC2)C1. The maximum Gasteiger partial charge on any atom is 0.231 e. The third-order valence-electron chi connectivity index (χ3n) is 7.28. The maximum atomic E-state index is 12.9. The van der Waals surface area contributed by atoms with Gasteiger partial charge in [-0.25, -0.2) is 0 Å². The number of fused-ring (bicyclic) bond motifs is 1. The third-order valence-corrected chi connectivity index (χ3v) is 7.28. The van der Waals surface area contributed by atoms with E-state index in [-0.39, 0.29) is 0 Å². The number of likely N-dealkylation sites (tertiary alicyclic amines) is 1. The van der Waals surface area contributed by atoms with Gasteiger partial charge >= 0.3 is 0 Å². The molecule has 0 aromatic heterocycles. The molecule has 1 amide bonds. The van der Waals surface area contributed by atoms with Crippen molar-refractivity contribution in [2.24, 2.45) is 0 Å². The number of amides is 1. The number of piperazine rings is 1. The van der Waals surface area contributed by atoms with E-state index in [4.69, 9.17) is 9.47 Å². The van der Waals surface area contributed by atoms with Crippen molar-refractivity contribution >= 4 is 5.91 Å². The van der Waals surface area contributed by atoms with Crippen molar-refractivity contribution in [3.63, 3.8) is 0 Å². The number of carbonyl (C=O) groups is 1. The summed E-state index contributed by atoms with van der Waals surface area (Å²) in [7, 11) is 0. The zero-order chi connectivity index (χ0) is 21.0. The number of benzene rings is 1. The third kappa shape index (κ3) is 5.07. The lowest BCUT2D eigenvalue weighted by Gasteiger charge is -2.43. The quantitative estimate of drug-likeness (QED) is 0.677. The smallest absolute Gasteiger partial charge is 0.231 e. The maximum absolute atomic E-state index is 12.9. The predicted octanol–water partition coefficient (Wildman–Crippen LogP) is 3.41. The van der Waals surface area contributed by atoms with Gasteiger partial charge in [0.05, 0.1) is 0 Å². The second-order valence-electron chi connectivity index (χ2n) is 9.42. The van der Waals surface area contributed by atoms with Crippen LogP contribution in [0.3, 0.4) is 0 Å². The van der Waals surface area contributed by atoms with Gasteiger partial charge in [-0.3, -0.25) is 14.6 Å². The molecule has 6 heteroatoms. The Bertz CT molecular complexity index is 816. The number of allylic oxidation sites excluding steroid dienone is 1. The molecule has 4 aliphatic rings. The average molecular weight is 426 g/mol. The first-order valence-corrected chi connectivity index (χ1v) is 12.1. The molecule has 5 rings (SSSR count). The van der Waals surface area contributed by atoms with Gasteiger partial charge in [-0.1, -0.05) is 17.7 Å². The Kier molecular flexibility index (Phi) is 6.46. The first-order chi connectivity index (χ1) is 15.2. The van der Waals surface area contributed by atoms with E-state index in [1.807, 2.05) is 6.07 Å². The van der Waals surface area contributed by atoms with E-state index in [1.54, 1.807) is 0 Å². The van der Waals surface area contributed by atoms with Crippen LogP contribution in [-0.4, -0.2) is 72.7 Å². The molecule has 1 aromatic carbocycles. The highest BCUT2D eigenvalue weighted by atomic mass is 16.7. The van der Waals surface area contributed by atoms with Gasteiger partial charge in [-0.2, -0.15) is 0 Å². The number of ether oxygens (including phenoxy) is 2. The Balaban J connectivity index is 1.10. The number of piperidine rings is 1. The van der Waals surface area contributed by atoms with Crippen LogP contribution in [0.25, 0.3) is 0 Å². The van der Waals surface area contributed by atoms with E-state index in [0.29, 0.717) is 25.2 Å². The Morgan fingerprint density at radius 3 is 2.71 bits per heavy atom. The zero-order valence-corrected chi connectivity index (χ0v) is 18.6. The van der Waals surface area contributed by atoms with Crippen molar-refractivity contribution in [2.75, 3.05) is 46.1 Å². The average Bonchev–Trinajstić information content (AvgIpc) is 3.28. The lowest BCUT2D eigenvalue weighted by Crippen LogP contribution is -2.55. The lowest BCUT2D eigenvalue weighted by atomic mass is 9.96. The van der Waals surface area contributed by atoms with Crippen LogP contribution in [0, 0.1) is 0 Å². The predicted molar refractivity (Wildman–Crippen MR) is 120 cm³/mol. The molecule has 1 aliphatic carbocycles. The van der Waals surface area contributed by atoms with Crippen molar-refractivity contribution in [2.45, 2.75) is 57.5 Å². The van der Waals surface area contributed by atoms with Crippen LogP contribution in [-0.2, 0) is 11.3 Å². The molecule has 2 saturated heterocycles. The number of hydrogen-bond donors (Lipinski definition) is 0.